The second-order valence-electron chi connectivity index (χ2n) is 4.70. The van der Waals surface area contributed by atoms with E-state index in [1.165, 1.54) is 0 Å². The van der Waals surface area contributed by atoms with Gasteiger partial charge in [0.15, 0.2) is 0 Å². The van der Waals surface area contributed by atoms with E-state index >= 15 is 0 Å². The summed E-state index contributed by atoms with van der Waals surface area (Å²) in [7, 11) is 0. The Kier molecular flexibility index (Phi) is 7.98. The molecule has 0 saturated carbocycles. The summed E-state index contributed by atoms with van der Waals surface area (Å²) in [6, 6.07) is 7.58. The number of carbonyl (C=O) groups excluding carboxylic acids is 1. The first kappa shape index (κ1) is 18.3. The number of carboxylic acid groups (broad SMARTS) is 1. The number of nitrogens with two attached hydrogens (primary N) is 1. The molecule has 0 aliphatic rings. The van der Waals surface area contributed by atoms with Gasteiger partial charge < -0.3 is 15.6 Å². The number of unbranched alkanes of at least 4 members (excludes halogenated alkanes) is 1. The molecule has 3 N–H and O–H groups in total. The van der Waals surface area contributed by atoms with Crippen molar-refractivity contribution < 1.29 is 19.4 Å². The van der Waals surface area contributed by atoms with E-state index < -0.39 is 18.1 Å². The number of hydrogen-bond donors (Lipinski definition) is 2. The van der Waals surface area contributed by atoms with Crippen molar-refractivity contribution in [1.29, 1.82) is 0 Å². The molecule has 1 atom stereocenters. The fourth-order valence-corrected chi connectivity index (χ4v) is 1.89. The molecule has 9 heteroatoms. The normalized spacial score (nSPS) is 11.2. The van der Waals surface area contributed by atoms with E-state index in [9.17, 15) is 14.7 Å². The Labute approximate surface area is 133 Å². The van der Waals surface area contributed by atoms with Gasteiger partial charge in [0.1, 0.15) is 6.61 Å². The SMILES string of the molecule is [N-]=[N+]=NN(C(=O)OCc1ccccc1)[C@@H](CCCCN)C(=O)O. The van der Waals surface area contributed by atoms with Crippen LogP contribution in [-0.2, 0) is 16.1 Å². The van der Waals surface area contributed by atoms with E-state index in [4.69, 9.17) is 16.0 Å². The number of ether oxygens (including phenoxy) is 1. The zero-order chi connectivity index (χ0) is 17.1. The van der Waals surface area contributed by atoms with Gasteiger partial charge >= 0.3 is 12.1 Å². The highest BCUT2D eigenvalue weighted by atomic mass is 16.6. The Morgan fingerprint density at radius 3 is 2.61 bits per heavy atom. The summed E-state index contributed by atoms with van der Waals surface area (Å²) in [4.78, 5) is 25.9. The molecule has 23 heavy (non-hydrogen) atoms. The number of carboxylic acids is 1. The zero-order valence-electron chi connectivity index (χ0n) is 12.5. The molecule has 0 aliphatic carbocycles. The molecule has 9 nitrogen and oxygen atoms in total. The molecule has 1 amide bonds. The lowest BCUT2D eigenvalue weighted by Gasteiger charge is -2.18. The minimum atomic E-state index is -1.29. The summed E-state index contributed by atoms with van der Waals surface area (Å²) in [5, 5.41) is 12.9. The number of benzene rings is 1. The van der Waals surface area contributed by atoms with Crippen LogP contribution in [-0.4, -0.2) is 34.8 Å². The molecular weight excluding hydrogens is 302 g/mol. The first-order valence-corrected chi connectivity index (χ1v) is 7.08. The largest absolute Gasteiger partial charge is 0.511 e. The summed E-state index contributed by atoms with van der Waals surface area (Å²) in [5.74, 6) is -1.27. The predicted octanol–water partition coefficient (Wildman–Crippen LogP) is 2.43. The predicted molar refractivity (Wildman–Crippen MR) is 81.9 cm³/mol. The fourth-order valence-electron chi connectivity index (χ4n) is 1.89. The highest BCUT2D eigenvalue weighted by Gasteiger charge is 2.35. The van der Waals surface area contributed by atoms with Gasteiger partial charge in [-0.1, -0.05) is 30.3 Å². The van der Waals surface area contributed by atoms with Crippen LogP contribution in [0.5, 0.6) is 0 Å². The van der Waals surface area contributed by atoms with E-state index in [2.05, 4.69) is 10.1 Å². The van der Waals surface area contributed by atoms with Gasteiger partial charge in [-0.3, -0.25) is 0 Å². The van der Waals surface area contributed by atoms with Gasteiger partial charge in [0.25, 0.3) is 0 Å². The van der Waals surface area contributed by atoms with Crippen LogP contribution in [0.4, 0.5) is 4.79 Å². The molecule has 0 unspecified atom stereocenters. The Hall–Kier alpha value is -2.77. The van der Waals surface area contributed by atoms with Crippen molar-refractivity contribution >= 4 is 12.1 Å². The molecule has 0 aliphatic heterocycles. The van der Waals surface area contributed by atoms with E-state index in [1.807, 2.05) is 6.07 Å². The molecule has 1 aromatic rings. The lowest BCUT2D eigenvalue weighted by molar-refractivity contribution is -0.143. The number of carbonyl (C=O) groups is 2. The summed E-state index contributed by atoms with van der Waals surface area (Å²) < 4.78 is 5.01. The third kappa shape index (κ3) is 6.25. The summed E-state index contributed by atoms with van der Waals surface area (Å²) in [5.41, 5.74) is 14.7. The van der Waals surface area contributed by atoms with Crippen LogP contribution in [0.1, 0.15) is 24.8 Å². The van der Waals surface area contributed by atoms with Crippen molar-refractivity contribution in [1.82, 2.24) is 5.01 Å². The summed E-state index contributed by atoms with van der Waals surface area (Å²) in [6.45, 7) is 0.360. The maximum Gasteiger partial charge on any atom is 0.511 e. The minimum absolute atomic E-state index is 0.0493. The quantitative estimate of drug-likeness (QED) is 0.236. The molecule has 0 bridgehead atoms. The van der Waals surface area contributed by atoms with E-state index in [0.29, 0.717) is 24.4 Å². The van der Waals surface area contributed by atoms with Gasteiger partial charge in [-0.15, -0.1) is 10.5 Å². The van der Waals surface area contributed by atoms with E-state index in [0.717, 1.165) is 5.56 Å². The van der Waals surface area contributed by atoms with Gasteiger partial charge in [-0.2, -0.15) is 9.71 Å². The molecule has 1 rings (SSSR count). The number of rotatable bonds is 9. The Bertz CT molecular complexity index is 560. The number of aliphatic carboxylic acids is 1. The fraction of sp³-hybridized carbons (Fsp3) is 0.429. The topological polar surface area (TPSA) is 142 Å². The van der Waals surface area contributed by atoms with Crippen molar-refractivity contribution in [2.45, 2.75) is 31.9 Å². The lowest BCUT2D eigenvalue weighted by atomic mass is 10.1. The highest BCUT2D eigenvalue weighted by Crippen LogP contribution is 2.13. The zero-order valence-corrected chi connectivity index (χ0v) is 12.5. The number of hydrogen-bond acceptors (Lipinski definition) is 5. The molecule has 0 heterocycles. The van der Waals surface area contributed by atoms with Gasteiger partial charge in [0.05, 0.1) is 0 Å². The van der Waals surface area contributed by atoms with E-state index in [-0.39, 0.29) is 13.0 Å². The van der Waals surface area contributed by atoms with Gasteiger partial charge in [0.2, 0.25) is 6.04 Å². The van der Waals surface area contributed by atoms with Crippen LogP contribution >= 0.6 is 0 Å². The second-order valence-corrected chi connectivity index (χ2v) is 4.70. The molecular formula is C14H19N5O4. The van der Waals surface area contributed by atoms with Gasteiger partial charge in [-0.05, 0) is 36.6 Å². The van der Waals surface area contributed by atoms with Crippen LogP contribution < -0.4 is 5.73 Å². The van der Waals surface area contributed by atoms with Gasteiger partial charge in [0, 0.05) is 0 Å². The smallest absolute Gasteiger partial charge is 0.478 e. The minimum Gasteiger partial charge on any atom is -0.478 e. The molecule has 124 valence electrons. The lowest BCUT2D eigenvalue weighted by Crippen LogP contribution is -2.41. The monoisotopic (exact) mass is 321 g/mol. The second kappa shape index (κ2) is 10.0. The molecule has 0 radical (unpaired) electrons. The molecule has 0 spiro atoms. The molecule has 0 aromatic heterocycles. The van der Waals surface area contributed by atoms with Crippen LogP contribution in [0.2, 0.25) is 0 Å². The number of azide groups is 1. The van der Waals surface area contributed by atoms with Crippen molar-refractivity contribution in [3.63, 3.8) is 0 Å². The molecule has 0 fully saturated rings. The van der Waals surface area contributed by atoms with Gasteiger partial charge in [-0.25, -0.2) is 4.79 Å². The summed E-state index contributed by atoms with van der Waals surface area (Å²) >= 11 is 0. The van der Waals surface area contributed by atoms with Crippen LogP contribution in [0.25, 0.3) is 10.4 Å². The van der Waals surface area contributed by atoms with Crippen LogP contribution in [0.15, 0.2) is 35.6 Å². The summed E-state index contributed by atoms with van der Waals surface area (Å²) in [6.07, 6.45) is 0.197. The van der Waals surface area contributed by atoms with Crippen molar-refractivity contribution in [3.8, 4) is 0 Å². The highest BCUT2D eigenvalue weighted by molar-refractivity contribution is 5.79. The van der Waals surface area contributed by atoms with E-state index in [1.54, 1.807) is 24.3 Å². The van der Waals surface area contributed by atoms with Crippen molar-refractivity contribution in [2.24, 2.45) is 11.0 Å². The maximum atomic E-state index is 12.0. The maximum absolute atomic E-state index is 12.0. The third-order valence-corrected chi connectivity index (χ3v) is 3.04. The third-order valence-electron chi connectivity index (χ3n) is 3.04. The number of nitrogens with zero attached hydrogens (tertiary/aromatic N) is 4. The number of amides is 1. The Balaban J connectivity index is 2.74. The van der Waals surface area contributed by atoms with Crippen LogP contribution in [0.3, 0.4) is 0 Å². The molecule has 1 aromatic carbocycles. The Morgan fingerprint density at radius 2 is 2.04 bits per heavy atom. The van der Waals surface area contributed by atoms with Crippen LogP contribution in [0, 0.1) is 0 Å². The standard InChI is InChI=1S/C14H19N5O4/c15-9-5-4-8-12(13(20)21)19(18-17-16)14(22)23-10-11-6-2-1-3-7-11/h1-3,6-7,12H,4-5,8-10,15H2,(H,20,21)/t12-/m0/s1. The van der Waals surface area contributed by atoms with Crippen molar-refractivity contribution in [2.75, 3.05) is 6.54 Å². The average molecular weight is 321 g/mol. The first-order valence-electron chi connectivity index (χ1n) is 7.08. The molecule has 0 saturated heterocycles. The first-order chi connectivity index (χ1) is 11.1. The Morgan fingerprint density at radius 1 is 1.35 bits per heavy atom. The van der Waals surface area contributed by atoms with Crippen molar-refractivity contribution in [3.05, 3.63) is 46.3 Å². The average Bonchev–Trinajstić information content (AvgIpc) is 2.56.